The van der Waals surface area contributed by atoms with Crippen LogP contribution in [0.1, 0.15) is 19.7 Å². The summed E-state index contributed by atoms with van der Waals surface area (Å²) >= 11 is 0. The molecule has 2 rings (SSSR count). The van der Waals surface area contributed by atoms with Gasteiger partial charge in [-0.1, -0.05) is 26.0 Å². The summed E-state index contributed by atoms with van der Waals surface area (Å²) in [7, 11) is 0. The van der Waals surface area contributed by atoms with Gasteiger partial charge in [-0.3, -0.25) is 4.79 Å². The molecule has 0 spiro atoms. The number of carboxylic acid groups (broad SMARTS) is 1. The lowest BCUT2D eigenvalue weighted by Gasteiger charge is -2.22. The number of imidazole rings is 1. The van der Waals surface area contributed by atoms with Crippen LogP contribution < -0.4 is 0 Å². The zero-order valence-electron chi connectivity index (χ0n) is 10.4. The standard InChI is InChI=1S/C13H16N2O3/c1-13(2,8-16)12-14-9-5-3-4-6-10(9)15(12)7-11(17)18/h3-6,16H,7-8H2,1-2H3,(H,17,18). The first-order chi connectivity index (χ1) is 8.45. The lowest BCUT2D eigenvalue weighted by atomic mass is 9.94. The minimum Gasteiger partial charge on any atom is -0.480 e. The monoisotopic (exact) mass is 248 g/mol. The molecule has 0 unspecified atom stereocenters. The molecule has 0 saturated carbocycles. The van der Waals surface area contributed by atoms with Crippen LogP contribution in [0, 0.1) is 0 Å². The third-order valence-corrected chi connectivity index (χ3v) is 2.95. The third-order valence-electron chi connectivity index (χ3n) is 2.95. The molecular formula is C13H16N2O3. The summed E-state index contributed by atoms with van der Waals surface area (Å²) in [4.78, 5) is 15.4. The van der Waals surface area contributed by atoms with E-state index in [1.807, 2.05) is 38.1 Å². The number of aromatic nitrogens is 2. The molecule has 0 amide bonds. The van der Waals surface area contributed by atoms with E-state index in [0.717, 1.165) is 11.0 Å². The van der Waals surface area contributed by atoms with Gasteiger partial charge < -0.3 is 14.8 Å². The summed E-state index contributed by atoms with van der Waals surface area (Å²) in [6.07, 6.45) is 0. The highest BCUT2D eigenvalue weighted by Gasteiger charge is 2.27. The van der Waals surface area contributed by atoms with E-state index >= 15 is 0 Å². The van der Waals surface area contributed by atoms with Gasteiger partial charge in [-0.15, -0.1) is 0 Å². The van der Waals surface area contributed by atoms with Crippen molar-refractivity contribution in [3.63, 3.8) is 0 Å². The van der Waals surface area contributed by atoms with Crippen LogP contribution in [-0.2, 0) is 16.8 Å². The normalized spacial score (nSPS) is 11.9. The van der Waals surface area contributed by atoms with E-state index in [1.54, 1.807) is 4.57 Å². The van der Waals surface area contributed by atoms with Crippen molar-refractivity contribution < 1.29 is 15.0 Å². The Bertz CT molecular complexity index is 587. The highest BCUT2D eigenvalue weighted by molar-refractivity contribution is 5.78. The van der Waals surface area contributed by atoms with Crippen molar-refractivity contribution >= 4 is 17.0 Å². The predicted octanol–water partition coefficient (Wildman–Crippen LogP) is 1.39. The maximum atomic E-state index is 11.0. The van der Waals surface area contributed by atoms with Crippen molar-refractivity contribution in [3.05, 3.63) is 30.1 Å². The van der Waals surface area contributed by atoms with E-state index in [0.29, 0.717) is 5.82 Å². The summed E-state index contributed by atoms with van der Waals surface area (Å²) in [5.74, 6) is -0.332. The molecule has 1 aromatic heterocycles. The van der Waals surface area contributed by atoms with Gasteiger partial charge in [0.05, 0.1) is 17.6 Å². The predicted molar refractivity (Wildman–Crippen MR) is 67.5 cm³/mol. The van der Waals surface area contributed by atoms with Crippen molar-refractivity contribution in [2.75, 3.05) is 6.61 Å². The SMILES string of the molecule is CC(C)(CO)c1nc2ccccc2n1CC(=O)O. The number of nitrogens with zero attached hydrogens (tertiary/aromatic N) is 2. The fourth-order valence-electron chi connectivity index (χ4n) is 1.96. The molecule has 0 aliphatic heterocycles. The summed E-state index contributed by atoms with van der Waals surface area (Å²) < 4.78 is 1.65. The van der Waals surface area contributed by atoms with Crippen molar-refractivity contribution in [2.24, 2.45) is 0 Å². The molecule has 0 aliphatic carbocycles. The quantitative estimate of drug-likeness (QED) is 0.857. The highest BCUT2D eigenvalue weighted by Crippen LogP contribution is 2.26. The van der Waals surface area contributed by atoms with Crippen molar-refractivity contribution in [3.8, 4) is 0 Å². The average Bonchev–Trinajstić information content (AvgIpc) is 2.68. The molecule has 0 radical (unpaired) electrons. The number of benzene rings is 1. The van der Waals surface area contributed by atoms with Gasteiger partial charge >= 0.3 is 5.97 Å². The van der Waals surface area contributed by atoms with Gasteiger partial charge in [0, 0.05) is 5.41 Å². The number of aliphatic hydroxyl groups is 1. The van der Waals surface area contributed by atoms with Gasteiger partial charge in [0.25, 0.3) is 0 Å². The Labute approximate surface area is 105 Å². The number of aliphatic carboxylic acids is 1. The van der Waals surface area contributed by atoms with Crippen LogP contribution in [-0.4, -0.2) is 32.3 Å². The molecule has 0 aliphatic rings. The van der Waals surface area contributed by atoms with Crippen LogP contribution in [0.2, 0.25) is 0 Å². The number of hydrogen-bond acceptors (Lipinski definition) is 3. The molecule has 0 bridgehead atoms. The Morgan fingerprint density at radius 3 is 2.67 bits per heavy atom. The highest BCUT2D eigenvalue weighted by atomic mass is 16.4. The molecule has 1 heterocycles. The van der Waals surface area contributed by atoms with E-state index in [-0.39, 0.29) is 13.2 Å². The van der Waals surface area contributed by atoms with Gasteiger partial charge in [0.15, 0.2) is 0 Å². The second-order valence-electron chi connectivity index (χ2n) is 4.95. The number of fused-ring (bicyclic) bond motifs is 1. The van der Waals surface area contributed by atoms with Crippen LogP contribution in [0.5, 0.6) is 0 Å². The Hall–Kier alpha value is -1.88. The van der Waals surface area contributed by atoms with Crippen molar-refractivity contribution in [2.45, 2.75) is 25.8 Å². The van der Waals surface area contributed by atoms with Crippen molar-refractivity contribution in [1.82, 2.24) is 9.55 Å². The van der Waals surface area contributed by atoms with E-state index in [2.05, 4.69) is 4.98 Å². The minimum absolute atomic E-state index is 0.0874. The Kier molecular flexibility index (Phi) is 3.09. The van der Waals surface area contributed by atoms with Gasteiger partial charge in [-0.05, 0) is 12.1 Å². The van der Waals surface area contributed by atoms with Crippen LogP contribution in [0.3, 0.4) is 0 Å². The molecule has 1 aromatic carbocycles. The first kappa shape index (κ1) is 12.6. The first-order valence-electron chi connectivity index (χ1n) is 5.74. The second-order valence-corrected chi connectivity index (χ2v) is 4.95. The molecule has 96 valence electrons. The molecular weight excluding hydrogens is 232 g/mol. The molecule has 0 atom stereocenters. The smallest absolute Gasteiger partial charge is 0.323 e. The van der Waals surface area contributed by atoms with E-state index in [1.165, 1.54) is 0 Å². The van der Waals surface area contributed by atoms with E-state index < -0.39 is 11.4 Å². The molecule has 0 fully saturated rings. The lowest BCUT2D eigenvalue weighted by Crippen LogP contribution is -2.28. The molecule has 2 aromatic rings. The summed E-state index contributed by atoms with van der Waals surface area (Å²) in [6, 6.07) is 7.38. The second kappa shape index (κ2) is 4.42. The Morgan fingerprint density at radius 1 is 1.39 bits per heavy atom. The maximum Gasteiger partial charge on any atom is 0.323 e. The molecule has 5 heteroatoms. The van der Waals surface area contributed by atoms with E-state index in [4.69, 9.17) is 5.11 Å². The first-order valence-corrected chi connectivity index (χ1v) is 5.74. The van der Waals surface area contributed by atoms with E-state index in [9.17, 15) is 9.90 Å². The summed E-state index contributed by atoms with van der Waals surface area (Å²) in [6.45, 7) is 3.44. The average molecular weight is 248 g/mol. The zero-order chi connectivity index (χ0) is 13.3. The van der Waals surface area contributed by atoms with Crippen LogP contribution in [0.25, 0.3) is 11.0 Å². The fraction of sp³-hybridized carbons (Fsp3) is 0.385. The van der Waals surface area contributed by atoms with Crippen molar-refractivity contribution in [1.29, 1.82) is 0 Å². The van der Waals surface area contributed by atoms with Gasteiger partial charge in [0.1, 0.15) is 12.4 Å². The Balaban J connectivity index is 2.68. The molecule has 2 N–H and O–H groups in total. The number of para-hydroxylation sites is 2. The number of carbonyl (C=O) groups is 1. The molecule has 5 nitrogen and oxygen atoms in total. The number of aliphatic hydroxyl groups excluding tert-OH is 1. The Morgan fingerprint density at radius 2 is 2.06 bits per heavy atom. The molecule has 0 saturated heterocycles. The number of rotatable bonds is 4. The number of carboxylic acids is 1. The van der Waals surface area contributed by atoms with Crippen LogP contribution in [0.4, 0.5) is 0 Å². The summed E-state index contributed by atoms with van der Waals surface area (Å²) in [5.41, 5.74) is 0.945. The van der Waals surface area contributed by atoms with Gasteiger partial charge in [-0.25, -0.2) is 4.98 Å². The topological polar surface area (TPSA) is 75.4 Å². The lowest BCUT2D eigenvalue weighted by molar-refractivity contribution is -0.137. The zero-order valence-corrected chi connectivity index (χ0v) is 10.4. The number of hydrogen-bond donors (Lipinski definition) is 2. The van der Waals surface area contributed by atoms with Gasteiger partial charge in [0.2, 0.25) is 0 Å². The molecule has 18 heavy (non-hydrogen) atoms. The fourth-order valence-corrected chi connectivity index (χ4v) is 1.96. The summed E-state index contributed by atoms with van der Waals surface area (Å²) in [5, 5.41) is 18.4. The third kappa shape index (κ3) is 2.09. The van der Waals surface area contributed by atoms with Gasteiger partial charge in [-0.2, -0.15) is 0 Å². The maximum absolute atomic E-state index is 11.0. The van der Waals surface area contributed by atoms with Crippen LogP contribution in [0.15, 0.2) is 24.3 Å². The van der Waals surface area contributed by atoms with Crippen LogP contribution >= 0.6 is 0 Å². The largest absolute Gasteiger partial charge is 0.480 e. The minimum atomic E-state index is -0.923.